The summed E-state index contributed by atoms with van der Waals surface area (Å²) in [4.78, 5) is 36.4. The third-order valence-electron chi connectivity index (χ3n) is 5.75. The predicted octanol–water partition coefficient (Wildman–Crippen LogP) is 2.73. The molecule has 140 valence electrons. The average molecular weight is 358 g/mol. The molecule has 0 bridgehead atoms. The fourth-order valence-electron chi connectivity index (χ4n) is 3.93. The van der Waals surface area contributed by atoms with Gasteiger partial charge < -0.3 is 15.7 Å². The van der Waals surface area contributed by atoms with Crippen LogP contribution in [0.4, 0.5) is 5.69 Å². The molecule has 2 amide bonds. The number of fused-ring (bicyclic) bond motifs is 1. The first-order valence-electron chi connectivity index (χ1n) is 9.33. The van der Waals surface area contributed by atoms with E-state index in [-0.39, 0.29) is 24.2 Å². The minimum Gasteiger partial charge on any atom is -0.480 e. The molecule has 1 unspecified atom stereocenters. The molecule has 2 aliphatic rings. The SMILES string of the molecule is CC1CCC(NC(=O)CCC2Cc3ccccc3NC2=O)(C(=O)O)CC1. The second-order valence-corrected chi connectivity index (χ2v) is 7.70. The Morgan fingerprint density at radius 2 is 1.96 bits per heavy atom. The summed E-state index contributed by atoms with van der Waals surface area (Å²) >= 11 is 0. The number of rotatable bonds is 5. The molecule has 1 aromatic carbocycles. The Balaban J connectivity index is 1.57. The Morgan fingerprint density at radius 3 is 2.65 bits per heavy atom. The van der Waals surface area contributed by atoms with Gasteiger partial charge in [0, 0.05) is 18.0 Å². The monoisotopic (exact) mass is 358 g/mol. The third kappa shape index (κ3) is 3.89. The van der Waals surface area contributed by atoms with Gasteiger partial charge in [0.15, 0.2) is 0 Å². The third-order valence-corrected chi connectivity index (χ3v) is 5.75. The van der Waals surface area contributed by atoms with Crippen molar-refractivity contribution in [1.82, 2.24) is 5.32 Å². The lowest BCUT2D eigenvalue weighted by molar-refractivity contribution is -0.149. The van der Waals surface area contributed by atoms with Crippen LogP contribution in [-0.4, -0.2) is 28.4 Å². The van der Waals surface area contributed by atoms with Crippen molar-refractivity contribution in [2.45, 2.75) is 57.4 Å². The van der Waals surface area contributed by atoms with Crippen LogP contribution in [0.25, 0.3) is 0 Å². The van der Waals surface area contributed by atoms with Crippen molar-refractivity contribution in [3.63, 3.8) is 0 Å². The molecule has 6 nitrogen and oxygen atoms in total. The van der Waals surface area contributed by atoms with E-state index < -0.39 is 11.5 Å². The molecule has 0 radical (unpaired) electrons. The summed E-state index contributed by atoms with van der Waals surface area (Å²) in [6.07, 6.45) is 3.71. The molecule has 1 aromatic rings. The molecule has 3 N–H and O–H groups in total. The van der Waals surface area contributed by atoms with E-state index in [1.54, 1.807) is 0 Å². The van der Waals surface area contributed by atoms with Crippen molar-refractivity contribution in [3.05, 3.63) is 29.8 Å². The number of anilines is 1. The lowest BCUT2D eigenvalue weighted by Crippen LogP contribution is -2.56. The molecule has 0 saturated heterocycles. The summed E-state index contributed by atoms with van der Waals surface area (Å²) in [5.74, 6) is -1.08. The molecule has 26 heavy (non-hydrogen) atoms. The molecule has 6 heteroatoms. The van der Waals surface area contributed by atoms with E-state index in [4.69, 9.17) is 0 Å². The van der Waals surface area contributed by atoms with Gasteiger partial charge in [-0.15, -0.1) is 0 Å². The zero-order chi connectivity index (χ0) is 18.7. The van der Waals surface area contributed by atoms with Crippen molar-refractivity contribution >= 4 is 23.5 Å². The molecule has 1 fully saturated rings. The van der Waals surface area contributed by atoms with Crippen molar-refractivity contribution in [2.75, 3.05) is 5.32 Å². The summed E-state index contributed by atoms with van der Waals surface area (Å²) in [7, 11) is 0. The van der Waals surface area contributed by atoms with Crippen LogP contribution in [-0.2, 0) is 20.8 Å². The largest absolute Gasteiger partial charge is 0.480 e. The van der Waals surface area contributed by atoms with Crippen LogP contribution in [0.15, 0.2) is 24.3 Å². The number of aliphatic carboxylic acids is 1. The Morgan fingerprint density at radius 1 is 1.27 bits per heavy atom. The maximum Gasteiger partial charge on any atom is 0.329 e. The van der Waals surface area contributed by atoms with Gasteiger partial charge in [-0.1, -0.05) is 25.1 Å². The first kappa shape index (κ1) is 18.4. The van der Waals surface area contributed by atoms with Crippen molar-refractivity contribution in [1.29, 1.82) is 0 Å². The van der Waals surface area contributed by atoms with Crippen molar-refractivity contribution in [3.8, 4) is 0 Å². The van der Waals surface area contributed by atoms with Gasteiger partial charge in [0.25, 0.3) is 0 Å². The maximum absolute atomic E-state index is 12.4. The Bertz CT molecular complexity index is 708. The summed E-state index contributed by atoms with van der Waals surface area (Å²) in [5, 5.41) is 15.2. The average Bonchev–Trinajstić information content (AvgIpc) is 2.62. The lowest BCUT2D eigenvalue weighted by atomic mass is 9.77. The van der Waals surface area contributed by atoms with Crippen LogP contribution in [0, 0.1) is 11.8 Å². The quantitative estimate of drug-likeness (QED) is 0.754. The van der Waals surface area contributed by atoms with Crippen LogP contribution < -0.4 is 10.6 Å². The fourth-order valence-corrected chi connectivity index (χ4v) is 3.93. The zero-order valence-electron chi connectivity index (χ0n) is 15.1. The molecule has 3 rings (SSSR count). The molecule has 1 atom stereocenters. The number of nitrogens with one attached hydrogen (secondary N) is 2. The molecule has 1 heterocycles. The highest BCUT2D eigenvalue weighted by molar-refractivity contribution is 5.96. The van der Waals surface area contributed by atoms with Gasteiger partial charge in [-0.05, 0) is 56.1 Å². The van der Waals surface area contributed by atoms with E-state index in [9.17, 15) is 19.5 Å². The summed E-state index contributed by atoms with van der Waals surface area (Å²) < 4.78 is 0. The number of carboxylic acid groups (broad SMARTS) is 1. The Kier molecular flexibility index (Phi) is 5.30. The van der Waals surface area contributed by atoms with Crippen LogP contribution >= 0.6 is 0 Å². The van der Waals surface area contributed by atoms with Gasteiger partial charge in [0.05, 0.1) is 0 Å². The normalized spacial score (nSPS) is 28.0. The number of benzene rings is 1. The second kappa shape index (κ2) is 7.48. The van der Waals surface area contributed by atoms with E-state index >= 15 is 0 Å². The molecule has 0 spiro atoms. The van der Waals surface area contributed by atoms with Gasteiger partial charge in [-0.2, -0.15) is 0 Å². The number of hydrogen-bond acceptors (Lipinski definition) is 3. The van der Waals surface area contributed by atoms with E-state index in [1.807, 2.05) is 24.3 Å². The first-order valence-corrected chi connectivity index (χ1v) is 9.33. The van der Waals surface area contributed by atoms with Crippen LogP contribution in [0.2, 0.25) is 0 Å². The molecule has 1 aliphatic heterocycles. The molecular formula is C20H26N2O4. The highest BCUT2D eigenvalue weighted by Crippen LogP contribution is 2.33. The number of carbonyl (C=O) groups excluding carboxylic acids is 2. The standard InChI is InChI=1S/C20H26N2O4/c1-13-8-10-20(11-9-13,19(25)26)22-17(23)7-6-15-12-14-4-2-3-5-16(14)21-18(15)24/h2-5,13,15H,6-12H2,1H3,(H,21,24)(H,22,23)(H,25,26). The zero-order valence-corrected chi connectivity index (χ0v) is 15.1. The number of hydrogen-bond donors (Lipinski definition) is 3. The number of carbonyl (C=O) groups is 3. The van der Waals surface area contributed by atoms with Gasteiger partial charge in [-0.3, -0.25) is 9.59 Å². The fraction of sp³-hybridized carbons (Fsp3) is 0.550. The molecule has 0 aromatic heterocycles. The summed E-state index contributed by atoms with van der Waals surface area (Å²) in [6, 6.07) is 7.66. The minimum absolute atomic E-state index is 0.0732. The van der Waals surface area contributed by atoms with Gasteiger partial charge in [-0.25, -0.2) is 4.79 Å². The topological polar surface area (TPSA) is 95.5 Å². The second-order valence-electron chi connectivity index (χ2n) is 7.70. The van der Waals surface area contributed by atoms with Gasteiger partial charge in [0.1, 0.15) is 5.54 Å². The number of carboxylic acids is 1. The maximum atomic E-state index is 12.4. The highest BCUT2D eigenvalue weighted by atomic mass is 16.4. The van der Waals surface area contributed by atoms with Crippen molar-refractivity contribution in [2.24, 2.45) is 11.8 Å². The van der Waals surface area contributed by atoms with E-state index in [0.29, 0.717) is 31.6 Å². The lowest BCUT2D eigenvalue weighted by Gasteiger charge is -2.36. The minimum atomic E-state index is -1.15. The molecule has 1 saturated carbocycles. The molecular weight excluding hydrogens is 332 g/mol. The van der Waals surface area contributed by atoms with Gasteiger partial charge >= 0.3 is 5.97 Å². The van der Waals surface area contributed by atoms with Crippen LogP contribution in [0.5, 0.6) is 0 Å². The Hall–Kier alpha value is -2.37. The smallest absolute Gasteiger partial charge is 0.329 e. The number of para-hydroxylation sites is 1. The molecule has 1 aliphatic carbocycles. The first-order chi connectivity index (χ1) is 12.4. The summed E-state index contributed by atoms with van der Waals surface area (Å²) in [5.41, 5.74) is 0.755. The predicted molar refractivity (Wildman–Crippen MR) is 97.6 cm³/mol. The van der Waals surface area contributed by atoms with E-state index in [0.717, 1.165) is 24.1 Å². The highest BCUT2D eigenvalue weighted by Gasteiger charge is 2.42. The Labute approximate surface area is 153 Å². The van der Waals surface area contributed by atoms with Crippen LogP contribution in [0.1, 0.15) is 51.0 Å². The van der Waals surface area contributed by atoms with Crippen LogP contribution in [0.3, 0.4) is 0 Å². The van der Waals surface area contributed by atoms with Crippen molar-refractivity contribution < 1.29 is 19.5 Å². The number of amides is 2. The summed E-state index contributed by atoms with van der Waals surface area (Å²) in [6.45, 7) is 2.10. The van der Waals surface area contributed by atoms with Gasteiger partial charge in [0.2, 0.25) is 11.8 Å². The van der Waals surface area contributed by atoms with E-state index in [1.165, 1.54) is 0 Å². The van der Waals surface area contributed by atoms with E-state index in [2.05, 4.69) is 17.6 Å².